The lowest BCUT2D eigenvalue weighted by Crippen LogP contribution is -2.28. The second-order valence-electron chi connectivity index (χ2n) is 4.82. The van der Waals surface area contributed by atoms with Crippen LogP contribution in [-0.2, 0) is 11.3 Å². The zero-order chi connectivity index (χ0) is 14.5. The first-order valence-electron chi connectivity index (χ1n) is 6.55. The van der Waals surface area contributed by atoms with Crippen molar-refractivity contribution in [1.82, 2.24) is 10.5 Å². The summed E-state index contributed by atoms with van der Waals surface area (Å²) in [4.78, 5) is 11.8. The van der Waals surface area contributed by atoms with Crippen molar-refractivity contribution in [2.45, 2.75) is 27.3 Å². The molecule has 0 aliphatic rings. The maximum Gasteiger partial charge on any atom is 0.238 e. The van der Waals surface area contributed by atoms with Crippen molar-refractivity contribution in [1.29, 1.82) is 0 Å². The van der Waals surface area contributed by atoms with Crippen LogP contribution < -0.4 is 10.6 Å². The minimum absolute atomic E-state index is 0.0689. The number of amides is 1. The van der Waals surface area contributed by atoms with Crippen LogP contribution in [0.2, 0.25) is 0 Å². The molecule has 0 saturated heterocycles. The van der Waals surface area contributed by atoms with Gasteiger partial charge in [-0.1, -0.05) is 22.9 Å². The fourth-order valence-electron chi connectivity index (χ4n) is 1.90. The Bertz CT molecular complexity index is 568. The van der Waals surface area contributed by atoms with Gasteiger partial charge in [0.15, 0.2) is 0 Å². The summed E-state index contributed by atoms with van der Waals surface area (Å²) in [6, 6.07) is 7.71. The van der Waals surface area contributed by atoms with Crippen LogP contribution in [0.15, 0.2) is 28.8 Å². The Kier molecular flexibility index (Phi) is 4.53. The lowest BCUT2D eigenvalue weighted by atomic mass is 10.2. The first-order valence-corrected chi connectivity index (χ1v) is 6.55. The molecule has 0 aliphatic heterocycles. The van der Waals surface area contributed by atoms with E-state index in [4.69, 9.17) is 4.52 Å². The van der Waals surface area contributed by atoms with Crippen molar-refractivity contribution in [3.63, 3.8) is 0 Å². The van der Waals surface area contributed by atoms with Crippen molar-refractivity contribution in [3.8, 4) is 0 Å². The number of rotatable bonds is 5. The van der Waals surface area contributed by atoms with Crippen LogP contribution in [0.25, 0.3) is 0 Å². The number of hydrogen-bond acceptors (Lipinski definition) is 4. The van der Waals surface area contributed by atoms with Gasteiger partial charge < -0.3 is 15.2 Å². The minimum Gasteiger partial charge on any atom is -0.361 e. The van der Waals surface area contributed by atoms with Gasteiger partial charge in [-0.25, -0.2) is 0 Å². The largest absolute Gasteiger partial charge is 0.361 e. The van der Waals surface area contributed by atoms with Crippen LogP contribution in [0.3, 0.4) is 0 Å². The highest BCUT2D eigenvalue weighted by atomic mass is 16.5. The van der Waals surface area contributed by atoms with Crippen molar-refractivity contribution in [2.75, 3.05) is 11.9 Å². The first-order chi connectivity index (χ1) is 9.56. The molecule has 0 radical (unpaired) electrons. The Labute approximate surface area is 118 Å². The smallest absolute Gasteiger partial charge is 0.238 e. The fourth-order valence-corrected chi connectivity index (χ4v) is 1.90. The van der Waals surface area contributed by atoms with Crippen molar-refractivity contribution < 1.29 is 9.32 Å². The molecule has 20 heavy (non-hydrogen) atoms. The molecule has 1 amide bonds. The topological polar surface area (TPSA) is 67.2 Å². The molecule has 0 bridgehead atoms. The Hall–Kier alpha value is -2.14. The summed E-state index contributed by atoms with van der Waals surface area (Å²) in [6.45, 7) is 6.58. The van der Waals surface area contributed by atoms with Gasteiger partial charge in [-0.2, -0.15) is 0 Å². The number of nitrogens with zero attached hydrogens (tertiary/aromatic N) is 1. The molecule has 106 valence electrons. The number of anilines is 1. The van der Waals surface area contributed by atoms with Crippen LogP contribution in [0.5, 0.6) is 0 Å². The summed E-state index contributed by atoms with van der Waals surface area (Å²) < 4.78 is 5.07. The quantitative estimate of drug-likeness (QED) is 0.877. The van der Waals surface area contributed by atoms with E-state index in [-0.39, 0.29) is 12.5 Å². The molecule has 1 aromatic heterocycles. The summed E-state index contributed by atoms with van der Waals surface area (Å²) in [5, 5.41) is 9.80. The number of aromatic nitrogens is 1. The third kappa shape index (κ3) is 3.68. The van der Waals surface area contributed by atoms with Gasteiger partial charge in [-0.15, -0.1) is 0 Å². The third-order valence-corrected chi connectivity index (χ3v) is 3.10. The molecule has 5 heteroatoms. The Balaban J connectivity index is 1.79. The fraction of sp³-hybridized carbons (Fsp3) is 0.333. The Morgan fingerprint density at radius 1 is 1.20 bits per heavy atom. The maximum atomic E-state index is 11.8. The summed E-state index contributed by atoms with van der Waals surface area (Å²) in [7, 11) is 0. The average Bonchev–Trinajstić information content (AvgIpc) is 2.73. The molecule has 1 aromatic carbocycles. The SMILES string of the molecule is Cc1ccc(NC(=O)CNCc2c(C)noc2C)cc1. The van der Waals surface area contributed by atoms with Crippen LogP contribution >= 0.6 is 0 Å². The van der Waals surface area contributed by atoms with Crippen LogP contribution in [0, 0.1) is 20.8 Å². The van der Waals surface area contributed by atoms with E-state index in [0.29, 0.717) is 6.54 Å². The van der Waals surface area contributed by atoms with E-state index >= 15 is 0 Å². The molecule has 2 aromatic rings. The van der Waals surface area contributed by atoms with E-state index in [9.17, 15) is 4.79 Å². The highest BCUT2D eigenvalue weighted by Crippen LogP contribution is 2.11. The van der Waals surface area contributed by atoms with Gasteiger partial charge in [0.1, 0.15) is 5.76 Å². The first kappa shape index (κ1) is 14.3. The Morgan fingerprint density at radius 3 is 2.50 bits per heavy atom. The zero-order valence-corrected chi connectivity index (χ0v) is 12.0. The van der Waals surface area contributed by atoms with Gasteiger partial charge in [0, 0.05) is 17.8 Å². The molecule has 5 nitrogen and oxygen atoms in total. The second-order valence-corrected chi connectivity index (χ2v) is 4.82. The van der Waals surface area contributed by atoms with E-state index < -0.39 is 0 Å². The van der Waals surface area contributed by atoms with Crippen molar-refractivity contribution in [3.05, 3.63) is 46.8 Å². The zero-order valence-electron chi connectivity index (χ0n) is 12.0. The molecule has 2 N–H and O–H groups in total. The molecule has 0 unspecified atom stereocenters. The van der Waals surface area contributed by atoms with E-state index in [2.05, 4.69) is 15.8 Å². The number of nitrogens with one attached hydrogen (secondary N) is 2. The molecule has 0 fully saturated rings. The predicted octanol–water partition coefficient (Wildman–Crippen LogP) is 2.33. The van der Waals surface area contributed by atoms with E-state index in [1.807, 2.05) is 45.0 Å². The van der Waals surface area contributed by atoms with Gasteiger partial charge in [0.25, 0.3) is 0 Å². The summed E-state index contributed by atoms with van der Waals surface area (Å²) in [5.74, 6) is 0.717. The van der Waals surface area contributed by atoms with Gasteiger partial charge in [0.2, 0.25) is 5.91 Å². The molecule has 1 heterocycles. The normalized spacial score (nSPS) is 10.6. The van der Waals surface area contributed by atoms with Crippen molar-refractivity contribution in [2.24, 2.45) is 0 Å². The molecule has 0 atom stereocenters. The molecular weight excluding hydrogens is 254 g/mol. The molecule has 0 saturated carbocycles. The molecule has 0 aliphatic carbocycles. The van der Waals surface area contributed by atoms with E-state index in [1.165, 1.54) is 5.56 Å². The Morgan fingerprint density at radius 2 is 1.90 bits per heavy atom. The monoisotopic (exact) mass is 273 g/mol. The highest BCUT2D eigenvalue weighted by Gasteiger charge is 2.09. The number of hydrogen-bond donors (Lipinski definition) is 2. The molecule has 0 spiro atoms. The third-order valence-electron chi connectivity index (χ3n) is 3.10. The van der Waals surface area contributed by atoms with Gasteiger partial charge in [-0.05, 0) is 32.9 Å². The number of carbonyl (C=O) groups excluding carboxylic acids is 1. The number of carbonyl (C=O) groups is 1. The van der Waals surface area contributed by atoms with E-state index in [0.717, 1.165) is 22.7 Å². The standard InChI is InChI=1S/C15H19N3O2/c1-10-4-6-13(7-5-10)17-15(19)9-16-8-14-11(2)18-20-12(14)3/h4-7,16H,8-9H2,1-3H3,(H,17,19). The van der Waals surface area contributed by atoms with Gasteiger partial charge in [0.05, 0.1) is 12.2 Å². The lowest BCUT2D eigenvalue weighted by Gasteiger charge is -2.07. The average molecular weight is 273 g/mol. The maximum absolute atomic E-state index is 11.8. The van der Waals surface area contributed by atoms with Gasteiger partial charge in [-0.3, -0.25) is 4.79 Å². The highest BCUT2D eigenvalue weighted by molar-refractivity contribution is 5.92. The predicted molar refractivity (Wildman–Crippen MR) is 77.5 cm³/mol. The van der Waals surface area contributed by atoms with Crippen LogP contribution in [0.4, 0.5) is 5.69 Å². The number of aryl methyl sites for hydroxylation is 3. The lowest BCUT2D eigenvalue weighted by molar-refractivity contribution is -0.115. The summed E-state index contributed by atoms with van der Waals surface area (Å²) >= 11 is 0. The van der Waals surface area contributed by atoms with Gasteiger partial charge >= 0.3 is 0 Å². The van der Waals surface area contributed by atoms with E-state index in [1.54, 1.807) is 0 Å². The van der Waals surface area contributed by atoms with Crippen LogP contribution in [0.1, 0.15) is 22.6 Å². The summed E-state index contributed by atoms with van der Waals surface area (Å²) in [5.41, 5.74) is 3.83. The van der Waals surface area contributed by atoms with Crippen molar-refractivity contribution >= 4 is 11.6 Å². The van der Waals surface area contributed by atoms with Crippen LogP contribution in [-0.4, -0.2) is 17.6 Å². The molecule has 2 rings (SSSR count). The molecular formula is C15H19N3O2. The summed E-state index contributed by atoms with van der Waals surface area (Å²) in [6.07, 6.45) is 0. The minimum atomic E-state index is -0.0689. The number of benzene rings is 1. The second kappa shape index (κ2) is 6.34.